The van der Waals surface area contributed by atoms with Gasteiger partial charge in [0.25, 0.3) is 0 Å². The lowest BCUT2D eigenvalue weighted by Gasteiger charge is -2.15. The maximum Gasteiger partial charge on any atom is 0.190 e. The van der Waals surface area contributed by atoms with E-state index in [1.165, 1.54) is 11.8 Å². The molecule has 0 aliphatic rings. The minimum Gasteiger partial charge on any atom is -0.492 e. The van der Waals surface area contributed by atoms with Crippen molar-refractivity contribution in [2.75, 3.05) is 39.6 Å². The zero-order valence-corrected chi connectivity index (χ0v) is 53.8. The molecule has 0 saturated heterocycles. The van der Waals surface area contributed by atoms with Crippen molar-refractivity contribution in [3.05, 3.63) is 141 Å². The van der Waals surface area contributed by atoms with E-state index in [-0.39, 0.29) is 5.12 Å². The SMILES string of the molecule is [C-]#[N+]c1ccc(C#Cc2cc(OCCCCCC)c(C#Cc3cc(OCCCCCC)c(C#Cc4cc(OCCCCCC)c(C#Cc5ccc(SC(C)=O)cc5)cc4OCCCCCC)cc3OCCCCCC)cc2OCCCCCC)cc1. The van der Waals surface area contributed by atoms with Crippen molar-refractivity contribution in [1.82, 2.24) is 0 Å². The van der Waals surface area contributed by atoms with Crippen LogP contribution in [0.25, 0.3) is 4.85 Å². The van der Waals surface area contributed by atoms with Gasteiger partial charge in [-0.3, -0.25) is 4.79 Å². The van der Waals surface area contributed by atoms with Crippen molar-refractivity contribution in [3.63, 3.8) is 0 Å². The fourth-order valence-electron chi connectivity index (χ4n) is 9.19. The lowest BCUT2D eigenvalue weighted by atomic mass is 10.0. The smallest absolute Gasteiger partial charge is 0.190 e. The predicted molar refractivity (Wildman–Crippen MR) is 357 cm³/mol. The van der Waals surface area contributed by atoms with Gasteiger partial charge in [-0.1, -0.05) is 241 Å². The highest BCUT2D eigenvalue weighted by atomic mass is 32.2. The Labute approximate surface area is 522 Å². The molecule has 0 radical (unpaired) electrons. The Kier molecular flexibility index (Phi) is 34.3. The molecule has 0 bridgehead atoms. The molecule has 0 aliphatic heterocycles. The topological polar surface area (TPSA) is 76.8 Å². The largest absolute Gasteiger partial charge is 0.492 e. The van der Waals surface area contributed by atoms with Gasteiger partial charge >= 0.3 is 0 Å². The minimum absolute atomic E-state index is 0.0416. The second-order valence-corrected chi connectivity index (χ2v) is 23.0. The van der Waals surface area contributed by atoms with Gasteiger partial charge in [0.1, 0.15) is 34.5 Å². The number of carbonyl (C=O) groups excluding carboxylic acids is 1. The van der Waals surface area contributed by atoms with Gasteiger partial charge in [-0.2, -0.15) is 0 Å². The van der Waals surface area contributed by atoms with Crippen LogP contribution in [0.15, 0.2) is 89.8 Å². The monoisotopic (exact) mass is 1180 g/mol. The van der Waals surface area contributed by atoms with Gasteiger partial charge in [-0.05, 0) is 62.8 Å². The number of unbranched alkanes of at least 4 members (excludes halogenated alkanes) is 18. The second-order valence-electron chi connectivity index (χ2n) is 21.8. The van der Waals surface area contributed by atoms with Crippen molar-refractivity contribution in [1.29, 1.82) is 0 Å². The lowest BCUT2D eigenvalue weighted by Crippen LogP contribution is -2.04. The van der Waals surface area contributed by atoms with Gasteiger partial charge in [0.2, 0.25) is 0 Å². The van der Waals surface area contributed by atoms with Crippen LogP contribution in [0.2, 0.25) is 0 Å². The first kappa shape index (κ1) is 69.4. The fourth-order valence-corrected chi connectivity index (χ4v) is 9.79. The Hall–Kier alpha value is -7.35. The quantitative estimate of drug-likeness (QED) is 0.0168. The summed E-state index contributed by atoms with van der Waals surface area (Å²) in [5.74, 6) is 31.5. The molecule has 0 heterocycles. The first-order valence-electron chi connectivity index (χ1n) is 32.4. The molecular formula is C77H95NO7S. The maximum atomic E-state index is 11.8. The summed E-state index contributed by atoms with van der Waals surface area (Å²) in [4.78, 5) is 16.2. The Morgan fingerprint density at radius 3 is 0.802 bits per heavy atom. The molecule has 5 aromatic carbocycles. The van der Waals surface area contributed by atoms with Crippen LogP contribution in [0, 0.1) is 53.9 Å². The average Bonchev–Trinajstić information content (AvgIpc) is 3.71. The van der Waals surface area contributed by atoms with Crippen LogP contribution < -0.4 is 28.4 Å². The van der Waals surface area contributed by atoms with Crippen molar-refractivity contribution < 1.29 is 33.2 Å². The van der Waals surface area contributed by atoms with Crippen molar-refractivity contribution >= 4 is 22.6 Å². The van der Waals surface area contributed by atoms with Gasteiger partial charge in [-0.25, -0.2) is 4.85 Å². The summed E-state index contributed by atoms with van der Waals surface area (Å²) in [6.45, 7) is 25.5. The van der Waals surface area contributed by atoms with Gasteiger partial charge in [-0.15, -0.1) is 0 Å². The first-order chi connectivity index (χ1) is 42.2. The first-order valence-corrected chi connectivity index (χ1v) is 33.2. The number of hydrogen-bond acceptors (Lipinski definition) is 8. The Balaban J connectivity index is 1.70. The van der Waals surface area contributed by atoms with Gasteiger partial charge in [0.05, 0.1) is 79.6 Å². The third kappa shape index (κ3) is 26.5. The average molecular weight is 1180 g/mol. The van der Waals surface area contributed by atoms with Gasteiger partial charge in [0, 0.05) is 59.3 Å². The van der Waals surface area contributed by atoms with E-state index in [4.69, 9.17) is 35.0 Å². The lowest BCUT2D eigenvalue weighted by molar-refractivity contribution is -0.109. The molecule has 456 valence electrons. The van der Waals surface area contributed by atoms with E-state index in [2.05, 4.69) is 93.8 Å². The fraction of sp³-hybridized carbons (Fsp3) is 0.481. The highest BCUT2D eigenvalue weighted by molar-refractivity contribution is 8.13. The number of rotatable bonds is 37. The normalized spacial score (nSPS) is 10.4. The van der Waals surface area contributed by atoms with E-state index >= 15 is 0 Å². The second kappa shape index (κ2) is 42.5. The van der Waals surface area contributed by atoms with Crippen molar-refractivity contribution in [2.45, 2.75) is 207 Å². The molecule has 0 aromatic heterocycles. The summed E-state index contributed by atoms with van der Waals surface area (Å²) in [5, 5.41) is 0.0416. The maximum absolute atomic E-state index is 11.8. The molecular weight excluding hydrogens is 1080 g/mol. The Morgan fingerprint density at radius 2 is 0.581 bits per heavy atom. The van der Waals surface area contributed by atoms with E-state index in [1.807, 2.05) is 72.8 Å². The number of ether oxygens (including phenoxy) is 6. The third-order valence-electron chi connectivity index (χ3n) is 14.2. The van der Waals surface area contributed by atoms with Crippen LogP contribution in [0.1, 0.15) is 247 Å². The molecule has 0 spiro atoms. The summed E-state index contributed by atoms with van der Waals surface area (Å²) in [6.07, 6.45) is 25.5. The molecule has 0 atom stereocenters. The molecule has 5 aromatic rings. The van der Waals surface area contributed by atoms with Crippen LogP contribution in [0.3, 0.4) is 0 Å². The molecule has 8 nitrogen and oxygen atoms in total. The molecule has 86 heavy (non-hydrogen) atoms. The van der Waals surface area contributed by atoms with E-state index < -0.39 is 0 Å². The van der Waals surface area contributed by atoms with Crippen LogP contribution in [-0.2, 0) is 4.79 Å². The summed E-state index contributed by atoms with van der Waals surface area (Å²) in [7, 11) is 0. The molecule has 9 heteroatoms. The van der Waals surface area contributed by atoms with Crippen LogP contribution >= 0.6 is 11.8 Å². The van der Waals surface area contributed by atoms with E-state index in [0.717, 1.165) is 176 Å². The molecule has 5 rings (SSSR count). The van der Waals surface area contributed by atoms with E-state index in [0.29, 0.717) is 108 Å². The Bertz CT molecular complexity index is 3130. The van der Waals surface area contributed by atoms with Crippen molar-refractivity contribution in [3.8, 4) is 81.9 Å². The summed E-state index contributed by atoms with van der Waals surface area (Å²) in [5.41, 5.74) is 6.39. The van der Waals surface area contributed by atoms with Crippen LogP contribution in [0.5, 0.6) is 34.5 Å². The highest BCUT2D eigenvalue weighted by Crippen LogP contribution is 2.34. The minimum atomic E-state index is 0.0416. The molecule has 0 N–H and O–H groups in total. The van der Waals surface area contributed by atoms with E-state index in [9.17, 15) is 4.79 Å². The Morgan fingerprint density at radius 1 is 0.349 bits per heavy atom. The molecule has 0 aliphatic carbocycles. The predicted octanol–water partition coefficient (Wildman–Crippen LogP) is 20.2. The van der Waals surface area contributed by atoms with Crippen LogP contribution in [-0.4, -0.2) is 44.8 Å². The number of thioether (sulfide) groups is 1. The van der Waals surface area contributed by atoms with Gasteiger partial charge in [0.15, 0.2) is 10.8 Å². The van der Waals surface area contributed by atoms with E-state index in [1.54, 1.807) is 19.1 Å². The zero-order chi connectivity index (χ0) is 61.2. The molecule has 0 fully saturated rings. The number of benzene rings is 5. The molecule has 0 saturated carbocycles. The number of hydrogen-bond donors (Lipinski definition) is 0. The number of carbonyl (C=O) groups is 1. The van der Waals surface area contributed by atoms with Gasteiger partial charge < -0.3 is 28.4 Å². The molecule has 0 amide bonds. The number of nitrogens with zero attached hydrogens (tertiary/aromatic N) is 1. The standard InChI is InChI=1S/C77H95NO7S/c1-9-15-21-27-49-80-72-57-66(74(82-51-29-23-17-11-3)55-64(72)39-33-62-35-45-70(78-8)46-36-62)41-43-68-59-77(85-54-32-26-20-14-6)69(60-76(68)84-53-31-25-19-13-5)44-42-67-58-73(81-50-28-22-16-10-2)65(56-75(67)83-52-30-24-18-12-4)40-34-63-37-47-71(48-38-63)86-61(7)79/h35-38,45-48,55-60H,9-32,49-54H2,1-7H3. The highest BCUT2D eigenvalue weighted by Gasteiger charge is 2.16. The summed E-state index contributed by atoms with van der Waals surface area (Å²) >= 11 is 1.21. The zero-order valence-electron chi connectivity index (χ0n) is 53.0. The third-order valence-corrected chi connectivity index (χ3v) is 15.0. The van der Waals surface area contributed by atoms with Crippen molar-refractivity contribution in [2.24, 2.45) is 0 Å². The summed E-state index contributed by atoms with van der Waals surface area (Å²) in [6, 6.07) is 27.0. The van der Waals surface area contributed by atoms with Crippen LogP contribution in [0.4, 0.5) is 5.69 Å². The summed E-state index contributed by atoms with van der Waals surface area (Å²) < 4.78 is 39.9. The molecule has 0 unspecified atom stereocenters.